The predicted octanol–water partition coefficient (Wildman–Crippen LogP) is 3.21. The van der Waals surface area contributed by atoms with E-state index in [1.165, 1.54) is 31.4 Å². The average molecular weight is 280 g/mol. The Morgan fingerprint density at radius 3 is 2.79 bits per heavy atom. The Balaban J connectivity index is 1.48. The maximum atomic E-state index is 11.9. The largest absolute Gasteiger partial charge is 0.508 e. The summed E-state index contributed by atoms with van der Waals surface area (Å²) in [4.78, 5) is 11.9. The number of rotatable bonds is 4. The molecule has 2 saturated carbocycles. The van der Waals surface area contributed by atoms with Crippen molar-refractivity contribution in [1.82, 2.24) is 5.32 Å². The molecule has 0 spiro atoms. The fourth-order valence-electron chi connectivity index (χ4n) is 3.53. The second kappa shape index (κ2) is 5.04. The lowest BCUT2D eigenvalue weighted by atomic mass is 10.1. The summed E-state index contributed by atoms with van der Waals surface area (Å²) in [7, 11) is 0. The second-order valence-electron chi connectivity index (χ2n) is 5.63. The number of phenolic OH excluding ortho intramolecular Hbond substituents is 1. The molecule has 0 heterocycles. The molecule has 2 aliphatic carbocycles. The van der Waals surface area contributed by atoms with Gasteiger partial charge in [-0.1, -0.05) is 18.0 Å². The van der Waals surface area contributed by atoms with Crippen molar-refractivity contribution in [2.45, 2.75) is 25.7 Å². The Bertz CT molecular complexity index is 493. The van der Waals surface area contributed by atoms with Gasteiger partial charge in [0, 0.05) is 6.54 Å². The summed E-state index contributed by atoms with van der Waals surface area (Å²) in [5, 5.41) is 12.5. The molecule has 1 aromatic carbocycles. The molecule has 19 heavy (non-hydrogen) atoms. The van der Waals surface area contributed by atoms with E-state index in [9.17, 15) is 9.90 Å². The molecule has 4 heteroatoms. The van der Waals surface area contributed by atoms with Crippen LogP contribution in [-0.2, 0) is 0 Å². The Labute approximate surface area is 118 Å². The molecule has 1 aromatic rings. The number of phenols is 1. The van der Waals surface area contributed by atoms with Crippen molar-refractivity contribution >= 4 is 17.5 Å². The van der Waals surface area contributed by atoms with Crippen LogP contribution in [0.5, 0.6) is 5.75 Å². The minimum Gasteiger partial charge on any atom is -0.508 e. The number of carbonyl (C=O) groups excluding carboxylic acids is 1. The van der Waals surface area contributed by atoms with E-state index in [1.54, 1.807) is 6.07 Å². The first-order valence-corrected chi connectivity index (χ1v) is 7.31. The van der Waals surface area contributed by atoms with Gasteiger partial charge in [0.2, 0.25) is 0 Å². The zero-order valence-electron chi connectivity index (χ0n) is 10.7. The monoisotopic (exact) mass is 279 g/mol. The fourth-order valence-corrected chi connectivity index (χ4v) is 3.79. The molecule has 2 unspecified atom stereocenters. The number of benzene rings is 1. The van der Waals surface area contributed by atoms with Gasteiger partial charge in [0.15, 0.2) is 0 Å². The first kappa shape index (κ1) is 12.8. The molecule has 2 aliphatic rings. The minimum absolute atomic E-state index is 0.0763. The highest BCUT2D eigenvalue weighted by molar-refractivity contribution is 6.34. The highest BCUT2D eigenvalue weighted by Gasteiger charge is 2.51. The zero-order chi connectivity index (χ0) is 13.4. The van der Waals surface area contributed by atoms with E-state index in [-0.39, 0.29) is 11.7 Å². The van der Waals surface area contributed by atoms with Crippen molar-refractivity contribution in [2.24, 2.45) is 17.8 Å². The summed E-state index contributed by atoms with van der Waals surface area (Å²) in [5.74, 6) is 2.64. The van der Waals surface area contributed by atoms with E-state index in [2.05, 4.69) is 5.32 Å². The molecule has 0 bridgehead atoms. The Morgan fingerprint density at radius 1 is 1.37 bits per heavy atom. The number of hydrogen-bond donors (Lipinski definition) is 2. The van der Waals surface area contributed by atoms with Gasteiger partial charge in [0.05, 0.1) is 10.6 Å². The summed E-state index contributed by atoms with van der Waals surface area (Å²) in [6, 6.07) is 4.42. The number of halogens is 1. The highest BCUT2D eigenvalue weighted by Crippen LogP contribution is 2.58. The number of fused-ring (bicyclic) bond motifs is 1. The topological polar surface area (TPSA) is 49.3 Å². The lowest BCUT2D eigenvalue weighted by Crippen LogP contribution is -2.25. The van der Waals surface area contributed by atoms with Gasteiger partial charge in [-0.2, -0.15) is 0 Å². The number of amides is 1. The molecule has 2 N–H and O–H groups in total. The van der Waals surface area contributed by atoms with Crippen LogP contribution >= 0.6 is 11.6 Å². The number of carbonyl (C=O) groups is 1. The van der Waals surface area contributed by atoms with Crippen LogP contribution in [0.3, 0.4) is 0 Å². The molecule has 2 atom stereocenters. The van der Waals surface area contributed by atoms with Gasteiger partial charge in [0.25, 0.3) is 5.91 Å². The third-order valence-electron chi connectivity index (χ3n) is 4.54. The lowest BCUT2D eigenvalue weighted by Gasteiger charge is -2.08. The molecule has 3 nitrogen and oxygen atoms in total. The molecule has 0 saturated heterocycles. The Morgan fingerprint density at radius 2 is 2.11 bits per heavy atom. The smallest absolute Gasteiger partial charge is 0.252 e. The number of hydrogen-bond acceptors (Lipinski definition) is 2. The van der Waals surface area contributed by atoms with Gasteiger partial charge in [-0.3, -0.25) is 4.79 Å². The van der Waals surface area contributed by atoms with Gasteiger partial charge in [0.1, 0.15) is 5.75 Å². The van der Waals surface area contributed by atoms with Gasteiger partial charge >= 0.3 is 0 Å². The van der Waals surface area contributed by atoms with E-state index in [0.717, 1.165) is 24.2 Å². The van der Waals surface area contributed by atoms with Crippen molar-refractivity contribution in [2.75, 3.05) is 6.54 Å². The summed E-state index contributed by atoms with van der Waals surface area (Å²) in [5.41, 5.74) is 0.426. The quantitative estimate of drug-likeness (QED) is 0.889. The van der Waals surface area contributed by atoms with Crippen LogP contribution in [-0.4, -0.2) is 17.6 Å². The van der Waals surface area contributed by atoms with E-state index in [4.69, 9.17) is 11.6 Å². The molecule has 3 rings (SSSR count). The van der Waals surface area contributed by atoms with Gasteiger partial charge < -0.3 is 10.4 Å². The summed E-state index contributed by atoms with van der Waals surface area (Å²) in [6.45, 7) is 0.716. The minimum atomic E-state index is -0.157. The van der Waals surface area contributed by atoms with Crippen LogP contribution < -0.4 is 5.32 Å². The molecule has 0 radical (unpaired) electrons. The first-order valence-electron chi connectivity index (χ1n) is 6.93. The van der Waals surface area contributed by atoms with Gasteiger partial charge in [-0.05, 0) is 55.2 Å². The normalized spacial score (nSPS) is 27.9. The van der Waals surface area contributed by atoms with Crippen LogP contribution in [0.15, 0.2) is 18.2 Å². The highest BCUT2D eigenvalue weighted by atomic mass is 35.5. The Hall–Kier alpha value is -1.22. The lowest BCUT2D eigenvalue weighted by molar-refractivity contribution is 0.0952. The van der Waals surface area contributed by atoms with Crippen molar-refractivity contribution in [3.63, 3.8) is 0 Å². The summed E-state index contributed by atoms with van der Waals surface area (Å²) < 4.78 is 0. The Kier molecular flexibility index (Phi) is 3.40. The average Bonchev–Trinajstić information content (AvgIpc) is 2.82. The number of aromatic hydroxyl groups is 1. The van der Waals surface area contributed by atoms with Crippen LogP contribution in [0.4, 0.5) is 0 Å². The van der Waals surface area contributed by atoms with Gasteiger partial charge in [-0.25, -0.2) is 0 Å². The van der Waals surface area contributed by atoms with Crippen molar-refractivity contribution in [3.8, 4) is 5.75 Å². The van der Waals surface area contributed by atoms with Crippen LogP contribution in [0.25, 0.3) is 0 Å². The predicted molar refractivity (Wildman–Crippen MR) is 74.4 cm³/mol. The maximum Gasteiger partial charge on any atom is 0.252 e. The molecule has 2 fully saturated rings. The van der Waals surface area contributed by atoms with Crippen molar-refractivity contribution in [3.05, 3.63) is 28.8 Å². The van der Waals surface area contributed by atoms with Crippen LogP contribution in [0.1, 0.15) is 36.0 Å². The molecule has 1 amide bonds. The second-order valence-corrected chi connectivity index (χ2v) is 6.04. The molecule has 0 aliphatic heterocycles. The van der Waals surface area contributed by atoms with E-state index < -0.39 is 0 Å². The summed E-state index contributed by atoms with van der Waals surface area (Å²) >= 11 is 5.94. The third kappa shape index (κ3) is 2.57. The number of nitrogens with one attached hydrogen (secondary N) is 1. The fraction of sp³-hybridized carbons (Fsp3) is 0.533. The standard InChI is InChI=1S/C15H18ClNO2/c16-14-8-9(18)4-5-13(14)15(19)17-7-6-12-10-2-1-3-11(10)12/h4-5,8,10-12,18H,1-3,6-7H2,(H,17,19). The van der Waals surface area contributed by atoms with Crippen molar-refractivity contribution in [1.29, 1.82) is 0 Å². The van der Waals surface area contributed by atoms with E-state index >= 15 is 0 Å². The zero-order valence-corrected chi connectivity index (χ0v) is 11.5. The van der Waals surface area contributed by atoms with Crippen LogP contribution in [0, 0.1) is 17.8 Å². The van der Waals surface area contributed by atoms with Crippen molar-refractivity contribution < 1.29 is 9.90 Å². The molecule has 0 aromatic heterocycles. The SMILES string of the molecule is O=C(NCCC1C2CCCC21)c1ccc(O)cc1Cl. The molecular formula is C15H18ClNO2. The third-order valence-corrected chi connectivity index (χ3v) is 4.86. The van der Waals surface area contributed by atoms with E-state index in [0.29, 0.717) is 17.1 Å². The summed E-state index contributed by atoms with van der Waals surface area (Å²) in [6.07, 6.45) is 5.23. The first-order chi connectivity index (χ1) is 9.16. The molecular weight excluding hydrogens is 262 g/mol. The van der Waals surface area contributed by atoms with E-state index in [1.807, 2.05) is 0 Å². The van der Waals surface area contributed by atoms with Gasteiger partial charge in [-0.15, -0.1) is 0 Å². The molecule has 102 valence electrons. The maximum absolute atomic E-state index is 11.9. The van der Waals surface area contributed by atoms with Crippen LogP contribution in [0.2, 0.25) is 5.02 Å².